The number of methoxy groups -OCH3 is 1. The fourth-order valence-corrected chi connectivity index (χ4v) is 5.55. The van der Waals surface area contributed by atoms with Gasteiger partial charge in [0.05, 0.1) is 12.7 Å². The molecule has 2 aromatic carbocycles. The minimum atomic E-state index is -3.50. The summed E-state index contributed by atoms with van der Waals surface area (Å²) in [5.74, 6) is 0.362. The first-order chi connectivity index (χ1) is 15.4. The third-order valence-corrected chi connectivity index (χ3v) is 7.36. The second-order valence-corrected chi connectivity index (χ2v) is 9.85. The second kappa shape index (κ2) is 10.9. The fraction of sp³-hybridized carbons (Fsp3) is 0.458. The van der Waals surface area contributed by atoms with Gasteiger partial charge in [-0.2, -0.15) is 13.1 Å². The number of amides is 1. The quantitative estimate of drug-likeness (QED) is 0.509. The summed E-state index contributed by atoms with van der Waals surface area (Å²) in [6.07, 6.45) is 3.68. The molecule has 0 aliphatic heterocycles. The van der Waals surface area contributed by atoms with Gasteiger partial charge < -0.3 is 10.1 Å². The molecule has 1 saturated carbocycles. The fourth-order valence-electron chi connectivity index (χ4n) is 4.32. The highest BCUT2D eigenvalue weighted by Gasteiger charge is 2.38. The lowest BCUT2D eigenvalue weighted by molar-refractivity contribution is 0.0932. The molecule has 0 atom stereocenters. The van der Waals surface area contributed by atoms with E-state index in [-0.39, 0.29) is 17.4 Å². The molecule has 3 N–H and O–H groups in total. The number of hydrogen-bond donors (Lipinski definition) is 3. The van der Waals surface area contributed by atoms with Gasteiger partial charge in [0.15, 0.2) is 0 Å². The summed E-state index contributed by atoms with van der Waals surface area (Å²) >= 11 is 0. The van der Waals surface area contributed by atoms with E-state index in [1.807, 2.05) is 37.3 Å². The van der Waals surface area contributed by atoms with E-state index in [1.54, 1.807) is 19.2 Å². The van der Waals surface area contributed by atoms with E-state index in [0.29, 0.717) is 37.2 Å². The van der Waals surface area contributed by atoms with Crippen LogP contribution in [0.3, 0.4) is 0 Å². The van der Waals surface area contributed by atoms with Crippen molar-refractivity contribution in [2.24, 2.45) is 0 Å². The van der Waals surface area contributed by atoms with E-state index in [0.717, 1.165) is 24.8 Å². The van der Waals surface area contributed by atoms with Gasteiger partial charge in [0.2, 0.25) is 0 Å². The largest absolute Gasteiger partial charge is 0.496 e. The Morgan fingerprint density at radius 1 is 1.06 bits per heavy atom. The van der Waals surface area contributed by atoms with Crippen molar-refractivity contribution in [1.82, 2.24) is 14.8 Å². The Labute approximate surface area is 191 Å². The molecule has 1 amide bonds. The number of rotatable bonds is 10. The van der Waals surface area contributed by atoms with Crippen LogP contribution in [0.4, 0.5) is 0 Å². The van der Waals surface area contributed by atoms with Crippen LogP contribution in [0, 0.1) is 0 Å². The highest BCUT2D eigenvalue weighted by atomic mass is 32.2. The van der Waals surface area contributed by atoms with Gasteiger partial charge >= 0.3 is 0 Å². The molecule has 32 heavy (non-hydrogen) atoms. The molecule has 0 bridgehead atoms. The van der Waals surface area contributed by atoms with Gasteiger partial charge in [-0.25, -0.2) is 4.72 Å². The molecule has 0 heterocycles. The van der Waals surface area contributed by atoms with Crippen molar-refractivity contribution in [3.8, 4) is 5.75 Å². The van der Waals surface area contributed by atoms with Crippen LogP contribution in [0.1, 0.15) is 54.9 Å². The molecule has 8 heteroatoms. The number of hydrogen-bond acceptors (Lipinski definition) is 4. The molecule has 0 radical (unpaired) electrons. The molecule has 0 aromatic heterocycles. The van der Waals surface area contributed by atoms with Crippen LogP contribution in [0.25, 0.3) is 0 Å². The van der Waals surface area contributed by atoms with E-state index < -0.39 is 10.2 Å². The standard InChI is InChI=1S/C24H33N3O4S/c1-3-17-26-32(29,30)27-20-13-15-24(16-14-20,19-9-5-4-6-10-19)18-25-23(28)21-11-7-8-12-22(21)31-2/h4-12,20,26-27H,3,13-18H2,1-2H3,(H,25,28)/t20-,24+. The smallest absolute Gasteiger partial charge is 0.277 e. The zero-order chi connectivity index (χ0) is 23.0. The first-order valence-electron chi connectivity index (χ1n) is 11.1. The first kappa shape index (κ1) is 24.2. The van der Waals surface area contributed by atoms with E-state index in [1.165, 1.54) is 0 Å². The first-order valence-corrected chi connectivity index (χ1v) is 12.6. The van der Waals surface area contributed by atoms with Crippen molar-refractivity contribution >= 4 is 16.1 Å². The zero-order valence-corrected chi connectivity index (χ0v) is 19.6. The van der Waals surface area contributed by atoms with Crippen molar-refractivity contribution in [2.45, 2.75) is 50.5 Å². The Morgan fingerprint density at radius 2 is 1.72 bits per heavy atom. The Bertz CT molecular complexity index is 987. The monoisotopic (exact) mass is 459 g/mol. The van der Waals surface area contributed by atoms with Gasteiger partial charge in [0.25, 0.3) is 16.1 Å². The minimum Gasteiger partial charge on any atom is -0.496 e. The third-order valence-electron chi connectivity index (χ3n) is 6.13. The van der Waals surface area contributed by atoms with Crippen molar-refractivity contribution in [3.05, 3.63) is 65.7 Å². The van der Waals surface area contributed by atoms with Gasteiger partial charge in [-0.05, 0) is 49.8 Å². The highest BCUT2D eigenvalue weighted by molar-refractivity contribution is 7.87. The molecular weight excluding hydrogens is 426 g/mol. The number of carbonyl (C=O) groups is 1. The molecular formula is C24H33N3O4S. The number of nitrogens with one attached hydrogen (secondary N) is 3. The van der Waals surface area contributed by atoms with Gasteiger partial charge in [0, 0.05) is 24.5 Å². The number of carbonyl (C=O) groups excluding carboxylic acids is 1. The molecule has 1 aliphatic carbocycles. The predicted molar refractivity (Wildman–Crippen MR) is 126 cm³/mol. The molecule has 7 nitrogen and oxygen atoms in total. The lowest BCUT2D eigenvalue weighted by Gasteiger charge is -2.41. The Kier molecular flexibility index (Phi) is 8.28. The van der Waals surface area contributed by atoms with Crippen LogP contribution >= 0.6 is 0 Å². The lowest BCUT2D eigenvalue weighted by Crippen LogP contribution is -2.49. The summed E-state index contributed by atoms with van der Waals surface area (Å²) in [6.45, 7) is 2.82. The van der Waals surface area contributed by atoms with Gasteiger partial charge in [-0.15, -0.1) is 0 Å². The second-order valence-electron chi connectivity index (χ2n) is 8.32. The van der Waals surface area contributed by atoms with E-state index in [2.05, 4.69) is 26.9 Å². The summed E-state index contributed by atoms with van der Waals surface area (Å²) < 4.78 is 35.1. The van der Waals surface area contributed by atoms with Gasteiger partial charge in [0.1, 0.15) is 5.75 Å². The Balaban J connectivity index is 1.71. The van der Waals surface area contributed by atoms with Crippen molar-refractivity contribution in [2.75, 3.05) is 20.2 Å². The maximum atomic E-state index is 12.9. The lowest BCUT2D eigenvalue weighted by atomic mass is 9.68. The molecule has 0 unspecified atom stereocenters. The molecule has 3 rings (SSSR count). The Hall–Kier alpha value is -2.42. The zero-order valence-electron chi connectivity index (χ0n) is 18.8. The summed E-state index contributed by atoms with van der Waals surface area (Å²) in [5.41, 5.74) is 1.41. The predicted octanol–water partition coefficient (Wildman–Crippen LogP) is 3.14. The normalized spacial score (nSPS) is 21.1. The average Bonchev–Trinajstić information content (AvgIpc) is 2.82. The summed E-state index contributed by atoms with van der Waals surface area (Å²) in [6, 6.07) is 17.2. The highest BCUT2D eigenvalue weighted by Crippen LogP contribution is 2.39. The maximum Gasteiger partial charge on any atom is 0.277 e. The third kappa shape index (κ3) is 6.09. The van der Waals surface area contributed by atoms with Crippen LogP contribution in [-0.4, -0.2) is 40.6 Å². The molecule has 1 fully saturated rings. The Morgan fingerprint density at radius 3 is 2.38 bits per heavy atom. The van der Waals surface area contributed by atoms with E-state index in [4.69, 9.17) is 4.74 Å². The van der Waals surface area contributed by atoms with Crippen molar-refractivity contribution < 1.29 is 17.9 Å². The van der Waals surface area contributed by atoms with Crippen LogP contribution in [0.15, 0.2) is 54.6 Å². The summed E-state index contributed by atoms with van der Waals surface area (Å²) in [5, 5.41) is 3.10. The number of benzene rings is 2. The average molecular weight is 460 g/mol. The van der Waals surface area contributed by atoms with Gasteiger partial charge in [-0.3, -0.25) is 4.79 Å². The SMILES string of the molecule is CCCNS(=O)(=O)N[C@H]1CC[C@@](CNC(=O)c2ccccc2OC)(c2ccccc2)CC1. The topological polar surface area (TPSA) is 96.5 Å². The minimum absolute atomic E-state index is 0.119. The summed E-state index contributed by atoms with van der Waals surface area (Å²) in [7, 11) is -1.95. The van der Waals surface area contributed by atoms with Crippen LogP contribution < -0.4 is 19.5 Å². The molecule has 174 valence electrons. The number of ether oxygens (including phenoxy) is 1. The van der Waals surface area contributed by atoms with Crippen molar-refractivity contribution in [3.63, 3.8) is 0 Å². The van der Waals surface area contributed by atoms with Crippen LogP contribution in [0.5, 0.6) is 5.75 Å². The van der Waals surface area contributed by atoms with E-state index in [9.17, 15) is 13.2 Å². The molecule has 0 spiro atoms. The molecule has 2 aromatic rings. The van der Waals surface area contributed by atoms with Crippen molar-refractivity contribution in [1.29, 1.82) is 0 Å². The molecule has 1 aliphatic rings. The molecule has 0 saturated heterocycles. The van der Waals surface area contributed by atoms with Crippen LogP contribution in [0.2, 0.25) is 0 Å². The van der Waals surface area contributed by atoms with Crippen LogP contribution in [-0.2, 0) is 15.6 Å². The summed E-state index contributed by atoms with van der Waals surface area (Å²) in [4.78, 5) is 12.9. The maximum absolute atomic E-state index is 12.9. The number of para-hydroxylation sites is 1. The van der Waals surface area contributed by atoms with Gasteiger partial charge in [-0.1, -0.05) is 49.4 Å². The van der Waals surface area contributed by atoms with E-state index >= 15 is 0 Å².